The van der Waals surface area contributed by atoms with Crippen molar-refractivity contribution < 1.29 is 9.59 Å². The molecule has 2 aliphatic heterocycles. The first-order chi connectivity index (χ1) is 18.5. The summed E-state index contributed by atoms with van der Waals surface area (Å²) in [4.78, 5) is 39.0. The molecule has 1 fully saturated rings. The van der Waals surface area contributed by atoms with E-state index in [2.05, 4.69) is 44.5 Å². The average Bonchev–Trinajstić information content (AvgIpc) is 3.59. The number of amides is 2. The van der Waals surface area contributed by atoms with E-state index >= 15 is 0 Å². The molecule has 3 N–H and O–H groups in total. The van der Waals surface area contributed by atoms with Crippen LogP contribution >= 0.6 is 0 Å². The predicted molar refractivity (Wildman–Crippen MR) is 147 cm³/mol. The van der Waals surface area contributed by atoms with Gasteiger partial charge in [0.25, 0.3) is 5.91 Å². The van der Waals surface area contributed by atoms with E-state index in [1.807, 2.05) is 42.5 Å². The molecular weight excluding hydrogens is 476 g/mol. The molecule has 0 aliphatic carbocycles. The number of nitrogen functional groups attached to an aromatic ring is 1. The van der Waals surface area contributed by atoms with Gasteiger partial charge in [-0.15, -0.1) is 0 Å². The zero-order chi connectivity index (χ0) is 26.2. The number of nitrogens with zero attached hydrogens (tertiary/aromatic N) is 4. The molecule has 1 atom stereocenters. The summed E-state index contributed by atoms with van der Waals surface area (Å²) < 4.78 is 0. The molecule has 38 heavy (non-hydrogen) atoms. The first-order valence-electron chi connectivity index (χ1n) is 13.0. The minimum Gasteiger partial charge on any atom is -0.368 e. The molecule has 0 saturated carbocycles. The van der Waals surface area contributed by atoms with Crippen molar-refractivity contribution in [1.82, 2.24) is 25.1 Å². The number of nitrogens with two attached hydrogens (primary N) is 1. The monoisotopic (exact) mass is 506 g/mol. The lowest BCUT2D eigenvalue weighted by Crippen LogP contribution is -2.41. The Bertz CT molecular complexity index is 1530. The number of hydrogen-bond acceptors (Lipinski definition) is 6. The molecule has 192 valence electrons. The Morgan fingerprint density at radius 1 is 1.00 bits per heavy atom. The van der Waals surface area contributed by atoms with Crippen molar-refractivity contribution in [3.63, 3.8) is 0 Å². The van der Waals surface area contributed by atoms with Crippen LogP contribution in [0.3, 0.4) is 0 Å². The number of likely N-dealkylation sites (tertiary alicyclic amines) is 1. The van der Waals surface area contributed by atoms with Crippen molar-refractivity contribution in [2.24, 2.45) is 0 Å². The Morgan fingerprint density at radius 3 is 2.50 bits per heavy atom. The molecule has 3 aromatic carbocycles. The summed E-state index contributed by atoms with van der Waals surface area (Å²) in [5, 5.41) is 3.48. The molecule has 0 unspecified atom stereocenters. The number of anilines is 1. The van der Waals surface area contributed by atoms with Crippen LogP contribution in [0.2, 0.25) is 0 Å². The number of carbonyl (C=O) groups is 2. The summed E-state index contributed by atoms with van der Waals surface area (Å²) in [6.07, 6.45) is 1.86. The third kappa shape index (κ3) is 4.37. The van der Waals surface area contributed by atoms with E-state index < -0.39 is 0 Å². The van der Waals surface area contributed by atoms with Crippen molar-refractivity contribution in [3.8, 4) is 11.1 Å². The van der Waals surface area contributed by atoms with Gasteiger partial charge in [0.05, 0.1) is 11.6 Å². The second kappa shape index (κ2) is 9.87. The number of rotatable bonds is 5. The Balaban J connectivity index is 1.36. The van der Waals surface area contributed by atoms with Crippen molar-refractivity contribution >= 4 is 28.7 Å². The number of likely N-dealkylation sites (N-methyl/N-ethyl adjacent to an activating group) is 1. The minimum absolute atomic E-state index is 0.0626. The summed E-state index contributed by atoms with van der Waals surface area (Å²) >= 11 is 0. The highest BCUT2D eigenvalue weighted by molar-refractivity contribution is 6.06. The van der Waals surface area contributed by atoms with E-state index in [1.165, 1.54) is 0 Å². The van der Waals surface area contributed by atoms with Gasteiger partial charge in [-0.05, 0) is 59.3 Å². The first-order valence-corrected chi connectivity index (χ1v) is 13.0. The Morgan fingerprint density at radius 2 is 1.74 bits per heavy atom. The highest BCUT2D eigenvalue weighted by Gasteiger charge is 2.31. The fraction of sp³-hybridized carbons (Fsp3) is 0.267. The van der Waals surface area contributed by atoms with Gasteiger partial charge in [-0.25, -0.2) is 9.97 Å². The fourth-order valence-electron chi connectivity index (χ4n) is 5.74. The third-order valence-corrected chi connectivity index (χ3v) is 7.66. The number of nitrogens with one attached hydrogen (secondary N) is 1. The van der Waals surface area contributed by atoms with Crippen LogP contribution in [-0.4, -0.2) is 51.2 Å². The largest absolute Gasteiger partial charge is 0.368 e. The summed E-state index contributed by atoms with van der Waals surface area (Å²) in [5.74, 6) is -0.0103. The van der Waals surface area contributed by atoms with Gasteiger partial charge in [0.1, 0.15) is 5.69 Å². The molecule has 2 aliphatic rings. The van der Waals surface area contributed by atoms with E-state index in [1.54, 1.807) is 11.9 Å². The lowest BCUT2D eigenvalue weighted by molar-refractivity contribution is -0.125. The molecule has 2 amide bonds. The zero-order valence-corrected chi connectivity index (χ0v) is 21.4. The Labute approximate surface area is 221 Å². The van der Waals surface area contributed by atoms with Crippen molar-refractivity contribution in [3.05, 3.63) is 89.1 Å². The van der Waals surface area contributed by atoms with E-state index in [0.717, 1.165) is 47.2 Å². The van der Waals surface area contributed by atoms with Gasteiger partial charge in [0, 0.05) is 32.1 Å². The minimum atomic E-state index is -0.156. The highest BCUT2D eigenvalue weighted by atomic mass is 16.2. The van der Waals surface area contributed by atoms with Crippen LogP contribution < -0.4 is 11.1 Å². The van der Waals surface area contributed by atoms with Crippen LogP contribution in [0.4, 0.5) is 5.95 Å². The summed E-state index contributed by atoms with van der Waals surface area (Å²) in [5.41, 5.74) is 12.4. The molecule has 3 heterocycles. The quantitative estimate of drug-likeness (QED) is 0.427. The third-order valence-electron chi connectivity index (χ3n) is 7.66. The first kappa shape index (κ1) is 24.1. The Hall–Kier alpha value is -4.30. The van der Waals surface area contributed by atoms with Gasteiger partial charge in [0.2, 0.25) is 11.9 Å². The standard InChI is InChI=1S/C30H30N6O2/c1-32-28(37)26-11-6-14-35(26)18-22-9-4-5-10-23(22)19-12-13-25-24(15-19)27(34-30(31)33-25)29(38)36-16-20-7-2-3-8-21(20)17-36/h2-5,7-10,12-13,15,26H,6,11,14,16-18H2,1H3,(H,32,37)(H2,31,33,34)/t26-/m0/s1. The van der Waals surface area contributed by atoms with E-state index in [-0.39, 0.29) is 23.8 Å². The molecular formula is C30H30N6O2. The molecule has 1 saturated heterocycles. The number of aromatic nitrogens is 2. The molecule has 8 nitrogen and oxygen atoms in total. The van der Waals surface area contributed by atoms with E-state index in [9.17, 15) is 9.59 Å². The summed E-state index contributed by atoms with van der Waals surface area (Å²) in [6.45, 7) is 2.65. The predicted octanol–water partition coefficient (Wildman–Crippen LogP) is 3.75. The van der Waals surface area contributed by atoms with Crippen LogP contribution in [0.1, 0.15) is 40.0 Å². The van der Waals surface area contributed by atoms with Crippen molar-refractivity contribution in [1.29, 1.82) is 0 Å². The molecule has 0 spiro atoms. The van der Waals surface area contributed by atoms with E-state index in [4.69, 9.17) is 5.73 Å². The molecule has 0 bridgehead atoms. The molecule has 0 radical (unpaired) electrons. The van der Waals surface area contributed by atoms with Gasteiger partial charge in [-0.3, -0.25) is 14.5 Å². The lowest BCUT2D eigenvalue weighted by atomic mass is 9.97. The number of benzene rings is 3. The average molecular weight is 507 g/mol. The number of fused-ring (bicyclic) bond motifs is 2. The summed E-state index contributed by atoms with van der Waals surface area (Å²) in [7, 11) is 1.69. The van der Waals surface area contributed by atoms with Crippen molar-refractivity contribution in [2.75, 3.05) is 19.3 Å². The maximum atomic E-state index is 13.7. The van der Waals surface area contributed by atoms with Gasteiger partial charge in [-0.1, -0.05) is 54.6 Å². The van der Waals surface area contributed by atoms with Gasteiger partial charge in [-0.2, -0.15) is 0 Å². The summed E-state index contributed by atoms with van der Waals surface area (Å²) in [6, 6.07) is 22.1. The Kier molecular flexibility index (Phi) is 6.25. The SMILES string of the molecule is CNC(=O)[C@@H]1CCCN1Cc1ccccc1-c1ccc2nc(N)nc(C(=O)N3Cc4ccccc4C3)c2c1. The molecule has 6 rings (SSSR count). The molecule has 8 heteroatoms. The van der Waals surface area contributed by atoms with Gasteiger partial charge in [0.15, 0.2) is 0 Å². The maximum Gasteiger partial charge on any atom is 0.273 e. The van der Waals surface area contributed by atoms with E-state index in [0.29, 0.717) is 36.2 Å². The second-order valence-corrected chi connectivity index (χ2v) is 9.99. The number of carbonyl (C=O) groups excluding carboxylic acids is 2. The van der Waals surface area contributed by atoms with Gasteiger partial charge >= 0.3 is 0 Å². The maximum absolute atomic E-state index is 13.7. The zero-order valence-electron chi connectivity index (χ0n) is 21.4. The van der Waals surface area contributed by atoms with Crippen LogP contribution in [0.5, 0.6) is 0 Å². The molecule has 1 aromatic heterocycles. The van der Waals surface area contributed by atoms with Crippen LogP contribution in [-0.2, 0) is 24.4 Å². The highest BCUT2D eigenvalue weighted by Crippen LogP contribution is 2.32. The fourth-order valence-corrected chi connectivity index (χ4v) is 5.74. The van der Waals surface area contributed by atoms with Crippen LogP contribution in [0.25, 0.3) is 22.0 Å². The van der Waals surface area contributed by atoms with Crippen LogP contribution in [0.15, 0.2) is 66.7 Å². The molecule has 4 aromatic rings. The van der Waals surface area contributed by atoms with Gasteiger partial charge < -0.3 is 16.0 Å². The normalized spacial score (nSPS) is 17.1. The van der Waals surface area contributed by atoms with Crippen LogP contribution in [0, 0.1) is 0 Å². The van der Waals surface area contributed by atoms with Crippen molar-refractivity contribution in [2.45, 2.75) is 38.5 Å². The number of hydrogen-bond donors (Lipinski definition) is 2. The second-order valence-electron chi connectivity index (χ2n) is 9.99. The smallest absolute Gasteiger partial charge is 0.273 e. The lowest BCUT2D eigenvalue weighted by Gasteiger charge is -2.24. The topological polar surface area (TPSA) is 104 Å².